The molecule has 1 aromatic heterocycles. The molecule has 0 aliphatic carbocycles. The second-order valence-corrected chi connectivity index (χ2v) is 12.9. The summed E-state index contributed by atoms with van der Waals surface area (Å²) in [7, 11) is 0. The van der Waals surface area contributed by atoms with E-state index in [0.717, 1.165) is 27.5 Å². The first-order valence-electron chi connectivity index (χ1n) is 16.8. The zero-order valence-electron chi connectivity index (χ0n) is 26.7. The summed E-state index contributed by atoms with van der Waals surface area (Å²) in [5.41, 5.74) is 11.5. The fourth-order valence-corrected chi connectivity index (χ4v) is 7.73. The van der Waals surface area contributed by atoms with Gasteiger partial charge in [0.05, 0.1) is 0 Å². The molecule has 0 radical (unpaired) electrons. The van der Waals surface area contributed by atoms with Crippen molar-refractivity contribution in [2.75, 3.05) is 0 Å². The first kappa shape index (κ1) is 27.7. The molecule has 0 saturated carbocycles. The SMILES string of the molecule is c1ccc(-c2cc(-c3ccccc3)cc(-c3c4ccccc4c(-c4ccc5c(c4)oc4cc6ccccc6cc45)c4ccccc34)c2)cc1. The van der Waals surface area contributed by atoms with Gasteiger partial charge in [-0.25, -0.2) is 0 Å². The van der Waals surface area contributed by atoms with Crippen LogP contribution >= 0.6 is 0 Å². The van der Waals surface area contributed by atoms with E-state index in [1.165, 1.54) is 71.3 Å². The van der Waals surface area contributed by atoms with Gasteiger partial charge in [-0.2, -0.15) is 0 Å². The molecule has 0 fully saturated rings. The van der Waals surface area contributed by atoms with Crippen LogP contribution in [0.2, 0.25) is 0 Å². The van der Waals surface area contributed by atoms with Crippen molar-refractivity contribution in [2.24, 2.45) is 0 Å². The van der Waals surface area contributed by atoms with E-state index in [-0.39, 0.29) is 0 Å². The molecule has 0 atom stereocenters. The standard InChI is InChI=1S/C48H30O/c1-3-13-31(14-4-1)36-25-37(32-15-5-2-6-16-32)27-38(26-36)48-42-21-11-9-19-40(42)47(41-20-10-12-22-43(41)48)35-23-24-39-44-28-33-17-7-8-18-34(33)29-46(44)49-45(39)30-35/h1-30H. The Morgan fingerprint density at radius 1 is 0.245 bits per heavy atom. The molecular weight excluding hydrogens is 593 g/mol. The number of benzene rings is 9. The van der Waals surface area contributed by atoms with Gasteiger partial charge in [0, 0.05) is 10.8 Å². The molecule has 0 aliphatic rings. The molecule has 10 rings (SSSR count). The van der Waals surface area contributed by atoms with Crippen LogP contribution in [0.4, 0.5) is 0 Å². The summed E-state index contributed by atoms with van der Waals surface area (Å²) in [6.07, 6.45) is 0. The van der Waals surface area contributed by atoms with Gasteiger partial charge in [-0.1, -0.05) is 140 Å². The van der Waals surface area contributed by atoms with Gasteiger partial charge in [0.1, 0.15) is 11.2 Å². The molecule has 0 saturated heterocycles. The minimum atomic E-state index is 0.906. The lowest BCUT2D eigenvalue weighted by molar-refractivity contribution is 0.669. The van der Waals surface area contributed by atoms with E-state index in [4.69, 9.17) is 4.42 Å². The Morgan fingerprint density at radius 3 is 1.27 bits per heavy atom. The van der Waals surface area contributed by atoms with Crippen LogP contribution in [0.1, 0.15) is 0 Å². The van der Waals surface area contributed by atoms with Crippen LogP contribution in [-0.4, -0.2) is 0 Å². The molecule has 49 heavy (non-hydrogen) atoms. The lowest BCUT2D eigenvalue weighted by atomic mass is 9.84. The lowest BCUT2D eigenvalue weighted by Crippen LogP contribution is -1.92. The Bertz CT molecular complexity index is 2750. The predicted octanol–water partition coefficient (Wildman–Crippen LogP) is 13.7. The molecule has 10 aromatic rings. The van der Waals surface area contributed by atoms with Gasteiger partial charge < -0.3 is 4.42 Å². The Hall–Kier alpha value is -6.44. The highest BCUT2D eigenvalue weighted by atomic mass is 16.3. The maximum absolute atomic E-state index is 6.55. The van der Waals surface area contributed by atoms with Crippen LogP contribution in [0.3, 0.4) is 0 Å². The number of furan rings is 1. The number of hydrogen-bond donors (Lipinski definition) is 0. The van der Waals surface area contributed by atoms with Gasteiger partial charge in [0.15, 0.2) is 0 Å². The molecule has 1 nitrogen and oxygen atoms in total. The van der Waals surface area contributed by atoms with Crippen LogP contribution in [0.5, 0.6) is 0 Å². The molecule has 0 bridgehead atoms. The summed E-state index contributed by atoms with van der Waals surface area (Å²) in [6, 6.07) is 65.8. The molecule has 1 heteroatoms. The molecule has 1 heterocycles. The maximum Gasteiger partial charge on any atom is 0.136 e. The van der Waals surface area contributed by atoms with Crippen molar-refractivity contribution >= 4 is 54.3 Å². The first-order valence-corrected chi connectivity index (χ1v) is 16.8. The topological polar surface area (TPSA) is 13.1 Å². The highest BCUT2D eigenvalue weighted by Crippen LogP contribution is 2.46. The molecular formula is C48H30O. The van der Waals surface area contributed by atoms with Gasteiger partial charge in [-0.05, 0) is 119 Å². The van der Waals surface area contributed by atoms with Crippen LogP contribution in [0, 0.1) is 0 Å². The van der Waals surface area contributed by atoms with Crippen LogP contribution in [-0.2, 0) is 0 Å². The largest absolute Gasteiger partial charge is 0.456 e. The summed E-state index contributed by atoms with van der Waals surface area (Å²) in [5.74, 6) is 0. The average molecular weight is 623 g/mol. The molecule has 0 spiro atoms. The zero-order chi connectivity index (χ0) is 32.3. The molecule has 0 unspecified atom stereocenters. The van der Waals surface area contributed by atoms with Gasteiger partial charge in [-0.15, -0.1) is 0 Å². The second-order valence-electron chi connectivity index (χ2n) is 12.9. The van der Waals surface area contributed by atoms with Gasteiger partial charge in [0.25, 0.3) is 0 Å². The van der Waals surface area contributed by atoms with Gasteiger partial charge >= 0.3 is 0 Å². The van der Waals surface area contributed by atoms with E-state index in [9.17, 15) is 0 Å². The van der Waals surface area contributed by atoms with Crippen molar-refractivity contribution < 1.29 is 4.42 Å². The summed E-state index contributed by atoms with van der Waals surface area (Å²) >= 11 is 0. The quantitative estimate of drug-likeness (QED) is 0.178. The number of hydrogen-bond acceptors (Lipinski definition) is 1. The predicted molar refractivity (Wildman–Crippen MR) is 208 cm³/mol. The Morgan fingerprint density at radius 2 is 0.694 bits per heavy atom. The van der Waals surface area contributed by atoms with Crippen molar-refractivity contribution in [3.05, 3.63) is 182 Å². The molecule has 0 amide bonds. The third kappa shape index (κ3) is 4.55. The summed E-state index contributed by atoms with van der Waals surface area (Å²) in [5, 5.41) is 9.62. The van der Waals surface area contributed by atoms with Crippen molar-refractivity contribution in [3.63, 3.8) is 0 Å². The number of rotatable bonds is 4. The van der Waals surface area contributed by atoms with Crippen molar-refractivity contribution in [2.45, 2.75) is 0 Å². The number of fused-ring (bicyclic) bond motifs is 6. The summed E-state index contributed by atoms with van der Waals surface area (Å²) in [6.45, 7) is 0. The smallest absolute Gasteiger partial charge is 0.136 e. The van der Waals surface area contributed by atoms with Gasteiger partial charge in [0.2, 0.25) is 0 Å². The van der Waals surface area contributed by atoms with E-state index < -0.39 is 0 Å². The van der Waals surface area contributed by atoms with E-state index >= 15 is 0 Å². The molecule has 0 aliphatic heterocycles. The molecule has 9 aromatic carbocycles. The lowest BCUT2D eigenvalue weighted by Gasteiger charge is -2.19. The average Bonchev–Trinajstić information content (AvgIpc) is 3.52. The third-order valence-corrected chi connectivity index (χ3v) is 10.00. The third-order valence-electron chi connectivity index (χ3n) is 10.00. The van der Waals surface area contributed by atoms with E-state index in [2.05, 4.69) is 182 Å². The minimum absolute atomic E-state index is 0.906. The van der Waals surface area contributed by atoms with Crippen molar-refractivity contribution in [1.29, 1.82) is 0 Å². The maximum atomic E-state index is 6.55. The molecule has 0 N–H and O–H groups in total. The van der Waals surface area contributed by atoms with E-state index in [1.54, 1.807) is 0 Å². The van der Waals surface area contributed by atoms with Crippen molar-refractivity contribution in [3.8, 4) is 44.5 Å². The second kappa shape index (κ2) is 11.1. The zero-order valence-corrected chi connectivity index (χ0v) is 26.7. The fraction of sp³-hybridized carbons (Fsp3) is 0. The highest BCUT2D eigenvalue weighted by Gasteiger charge is 2.19. The van der Waals surface area contributed by atoms with Gasteiger partial charge in [-0.3, -0.25) is 0 Å². The monoisotopic (exact) mass is 622 g/mol. The fourth-order valence-electron chi connectivity index (χ4n) is 7.73. The van der Waals surface area contributed by atoms with Crippen molar-refractivity contribution in [1.82, 2.24) is 0 Å². The summed E-state index contributed by atoms with van der Waals surface area (Å²) < 4.78 is 6.55. The normalized spacial score (nSPS) is 11.7. The Balaban J connectivity index is 1.24. The van der Waals surface area contributed by atoms with E-state index in [0.29, 0.717) is 0 Å². The molecule has 228 valence electrons. The van der Waals surface area contributed by atoms with Crippen LogP contribution < -0.4 is 0 Å². The Labute approximate surface area is 284 Å². The van der Waals surface area contributed by atoms with E-state index in [1.807, 2.05) is 0 Å². The Kier molecular flexibility index (Phi) is 6.25. The first-order chi connectivity index (χ1) is 24.3. The van der Waals surface area contributed by atoms with Crippen LogP contribution in [0.25, 0.3) is 98.8 Å². The minimum Gasteiger partial charge on any atom is -0.456 e. The van der Waals surface area contributed by atoms with Crippen LogP contribution in [0.15, 0.2) is 186 Å². The summed E-state index contributed by atoms with van der Waals surface area (Å²) in [4.78, 5) is 0. The highest BCUT2D eigenvalue weighted by molar-refractivity contribution is 6.22.